The van der Waals surface area contributed by atoms with E-state index in [1.165, 1.54) is 6.92 Å². The molecule has 0 aliphatic carbocycles. The van der Waals surface area contributed by atoms with Crippen LogP contribution in [-0.2, 0) is 0 Å². The molecule has 2 aromatic carbocycles. The van der Waals surface area contributed by atoms with Crippen molar-refractivity contribution < 1.29 is 19.1 Å². The largest absolute Gasteiger partial charge is 0.492 e. The first-order chi connectivity index (χ1) is 11.0. The minimum Gasteiger partial charge on any atom is -0.492 e. The topological polar surface area (TPSA) is 52.6 Å². The maximum absolute atomic E-state index is 12.2. The molecule has 0 N–H and O–H groups in total. The molecular weight excluding hydrogens is 360 g/mol. The van der Waals surface area contributed by atoms with Gasteiger partial charge in [-0.2, -0.15) is 0 Å². The fourth-order valence-electron chi connectivity index (χ4n) is 1.88. The van der Waals surface area contributed by atoms with Crippen LogP contribution in [0.1, 0.15) is 41.0 Å². The number of halogens is 1. The Balaban J connectivity index is 2.08. The van der Waals surface area contributed by atoms with Crippen LogP contribution in [0.3, 0.4) is 0 Å². The summed E-state index contributed by atoms with van der Waals surface area (Å²) in [7, 11) is 0. The van der Waals surface area contributed by atoms with Gasteiger partial charge in [-0.05, 0) is 71.7 Å². The number of carbonyl (C=O) groups is 2. The third-order valence-corrected chi connectivity index (χ3v) is 3.72. The van der Waals surface area contributed by atoms with Crippen molar-refractivity contribution in [1.29, 1.82) is 0 Å². The quantitative estimate of drug-likeness (QED) is 0.417. The Labute approximate surface area is 143 Å². The molecule has 0 atom stereocenters. The van der Waals surface area contributed by atoms with Gasteiger partial charge >= 0.3 is 5.97 Å². The van der Waals surface area contributed by atoms with Crippen LogP contribution in [0.15, 0.2) is 46.9 Å². The van der Waals surface area contributed by atoms with E-state index in [-0.39, 0.29) is 5.78 Å². The maximum atomic E-state index is 12.2. The summed E-state index contributed by atoms with van der Waals surface area (Å²) in [5.41, 5.74) is 0.987. The van der Waals surface area contributed by atoms with Gasteiger partial charge in [0.1, 0.15) is 11.5 Å². The predicted molar refractivity (Wildman–Crippen MR) is 91.3 cm³/mol. The van der Waals surface area contributed by atoms with Crippen LogP contribution in [0.2, 0.25) is 0 Å². The SMILES string of the molecule is CCCOc1ccc(C(=O)Oc2ccc(C(C)=O)cc2)cc1Br. The van der Waals surface area contributed by atoms with Gasteiger partial charge in [-0.25, -0.2) is 4.79 Å². The summed E-state index contributed by atoms with van der Waals surface area (Å²) in [6.07, 6.45) is 0.909. The average molecular weight is 377 g/mol. The van der Waals surface area contributed by atoms with E-state index in [4.69, 9.17) is 9.47 Å². The number of carbonyl (C=O) groups excluding carboxylic acids is 2. The van der Waals surface area contributed by atoms with E-state index in [1.807, 2.05) is 6.92 Å². The summed E-state index contributed by atoms with van der Waals surface area (Å²) in [5.74, 6) is 0.578. The first-order valence-electron chi connectivity index (χ1n) is 7.26. The molecular formula is C18H17BrO4. The van der Waals surface area contributed by atoms with Gasteiger partial charge in [0.2, 0.25) is 0 Å². The highest BCUT2D eigenvalue weighted by molar-refractivity contribution is 9.10. The van der Waals surface area contributed by atoms with Crippen molar-refractivity contribution in [3.63, 3.8) is 0 Å². The van der Waals surface area contributed by atoms with Gasteiger partial charge in [0.15, 0.2) is 5.78 Å². The molecule has 0 heterocycles. The molecule has 0 aliphatic heterocycles. The molecule has 120 valence electrons. The number of rotatable bonds is 6. The van der Waals surface area contributed by atoms with Crippen LogP contribution >= 0.6 is 15.9 Å². The molecule has 0 radical (unpaired) electrons. The summed E-state index contributed by atoms with van der Waals surface area (Å²) >= 11 is 3.39. The van der Waals surface area contributed by atoms with E-state index in [1.54, 1.807) is 42.5 Å². The van der Waals surface area contributed by atoms with Gasteiger partial charge in [0.05, 0.1) is 16.6 Å². The fourth-order valence-corrected chi connectivity index (χ4v) is 2.37. The van der Waals surface area contributed by atoms with Crippen LogP contribution in [0.25, 0.3) is 0 Å². The smallest absolute Gasteiger partial charge is 0.343 e. The third-order valence-electron chi connectivity index (χ3n) is 3.10. The van der Waals surface area contributed by atoms with Crippen LogP contribution in [0.4, 0.5) is 0 Å². The van der Waals surface area contributed by atoms with Crippen molar-refractivity contribution in [2.45, 2.75) is 20.3 Å². The summed E-state index contributed by atoms with van der Waals surface area (Å²) in [6.45, 7) is 4.13. The minimum absolute atomic E-state index is 0.0329. The Kier molecular flexibility index (Phi) is 5.93. The van der Waals surface area contributed by atoms with Crippen molar-refractivity contribution >= 4 is 27.7 Å². The second-order valence-corrected chi connectivity index (χ2v) is 5.82. The molecule has 0 amide bonds. The highest BCUT2D eigenvalue weighted by Crippen LogP contribution is 2.27. The van der Waals surface area contributed by atoms with Crippen molar-refractivity contribution in [2.24, 2.45) is 0 Å². The highest BCUT2D eigenvalue weighted by atomic mass is 79.9. The zero-order valence-corrected chi connectivity index (χ0v) is 14.6. The van der Waals surface area contributed by atoms with Gasteiger partial charge in [-0.3, -0.25) is 4.79 Å². The van der Waals surface area contributed by atoms with Crippen LogP contribution in [0.5, 0.6) is 11.5 Å². The Morgan fingerprint density at radius 3 is 2.26 bits per heavy atom. The number of hydrogen-bond donors (Lipinski definition) is 0. The average Bonchev–Trinajstić information content (AvgIpc) is 2.54. The fraction of sp³-hybridized carbons (Fsp3) is 0.222. The van der Waals surface area contributed by atoms with E-state index in [0.29, 0.717) is 33.7 Å². The Hall–Kier alpha value is -2.14. The molecule has 0 saturated carbocycles. The third kappa shape index (κ3) is 4.66. The van der Waals surface area contributed by atoms with Gasteiger partial charge in [0, 0.05) is 5.56 Å². The lowest BCUT2D eigenvalue weighted by atomic mass is 10.1. The maximum Gasteiger partial charge on any atom is 0.343 e. The molecule has 0 aliphatic rings. The lowest BCUT2D eigenvalue weighted by Gasteiger charge is -2.09. The number of esters is 1. The van der Waals surface area contributed by atoms with E-state index >= 15 is 0 Å². The lowest BCUT2D eigenvalue weighted by molar-refractivity contribution is 0.0734. The van der Waals surface area contributed by atoms with Crippen molar-refractivity contribution in [2.75, 3.05) is 6.61 Å². The van der Waals surface area contributed by atoms with E-state index < -0.39 is 5.97 Å². The molecule has 0 fully saturated rings. The van der Waals surface area contributed by atoms with Gasteiger partial charge < -0.3 is 9.47 Å². The van der Waals surface area contributed by atoms with E-state index in [0.717, 1.165) is 6.42 Å². The summed E-state index contributed by atoms with van der Waals surface area (Å²) < 4.78 is 11.5. The molecule has 0 spiro atoms. The number of Topliss-reactive ketones (excluding diaryl/α,β-unsaturated/α-hetero) is 1. The molecule has 0 aromatic heterocycles. The van der Waals surface area contributed by atoms with Crippen LogP contribution in [-0.4, -0.2) is 18.4 Å². The summed E-state index contributed by atoms with van der Waals surface area (Å²) in [6, 6.07) is 11.5. The van der Waals surface area contributed by atoms with Crippen LogP contribution < -0.4 is 9.47 Å². The number of benzene rings is 2. The Bertz CT molecular complexity index is 707. The normalized spacial score (nSPS) is 10.2. The molecule has 4 nitrogen and oxygen atoms in total. The van der Waals surface area contributed by atoms with E-state index in [2.05, 4.69) is 15.9 Å². The highest BCUT2D eigenvalue weighted by Gasteiger charge is 2.12. The molecule has 0 unspecified atom stereocenters. The summed E-state index contributed by atoms with van der Waals surface area (Å²) in [4.78, 5) is 23.4. The van der Waals surface area contributed by atoms with Crippen molar-refractivity contribution in [1.82, 2.24) is 0 Å². The molecule has 2 aromatic rings. The minimum atomic E-state index is -0.469. The zero-order chi connectivity index (χ0) is 16.8. The summed E-state index contributed by atoms with van der Waals surface area (Å²) in [5, 5.41) is 0. The second-order valence-electron chi connectivity index (χ2n) is 4.96. The predicted octanol–water partition coefficient (Wildman–Crippen LogP) is 4.66. The van der Waals surface area contributed by atoms with Gasteiger partial charge in [0.25, 0.3) is 0 Å². The standard InChI is InChI=1S/C18H17BrO4/c1-3-10-22-17-9-6-14(11-16(17)19)18(21)23-15-7-4-13(5-8-15)12(2)20/h4-9,11H,3,10H2,1-2H3. The number of ketones is 1. The van der Waals surface area contributed by atoms with Gasteiger partial charge in [-0.1, -0.05) is 6.92 Å². The van der Waals surface area contributed by atoms with Crippen molar-refractivity contribution in [3.8, 4) is 11.5 Å². The van der Waals surface area contributed by atoms with Crippen molar-refractivity contribution in [3.05, 3.63) is 58.1 Å². The number of ether oxygens (including phenoxy) is 2. The van der Waals surface area contributed by atoms with Gasteiger partial charge in [-0.15, -0.1) is 0 Å². The first-order valence-corrected chi connectivity index (χ1v) is 8.06. The Morgan fingerprint density at radius 1 is 1.04 bits per heavy atom. The van der Waals surface area contributed by atoms with E-state index in [9.17, 15) is 9.59 Å². The lowest BCUT2D eigenvalue weighted by Crippen LogP contribution is -2.09. The Morgan fingerprint density at radius 2 is 1.70 bits per heavy atom. The van der Waals surface area contributed by atoms with Crippen LogP contribution in [0, 0.1) is 0 Å². The second kappa shape index (κ2) is 7.92. The molecule has 2 rings (SSSR count). The molecule has 23 heavy (non-hydrogen) atoms. The first kappa shape index (κ1) is 17.2. The monoisotopic (exact) mass is 376 g/mol. The molecule has 0 bridgehead atoms. The molecule has 5 heteroatoms. The number of hydrogen-bond acceptors (Lipinski definition) is 4. The molecule has 0 saturated heterocycles. The zero-order valence-electron chi connectivity index (χ0n) is 13.0.